The Bertz CT molecular complexity index is 412. The molecule has 1 aromatic rings. The van der Waals surface area contributed by atoms with Crippen molar-refractivity contribution < 1.29 is 9.18 Å². The first-order valence-electron chi connectivity index (χ1n) is 5.97. The van der Waals surface area contributed by atoms with Gasteiger partial charge in [-0.15, -0.1) is 0 Å². The predicted octanol–water partition coefficient (Wildman–Crippen LogP) is 2.68. The number of carbonyl (C=O) groups is 1. The van der Waals surface area contributed by atoms with Gasteiger partial charge in [0.25, 0.3) is 0 Å². The van der Waals surface area contributed by atoms with E-state index >= 15 is 0 Å². The van der Waals surface area contributed by atoms with E-state index in [2.05, 4.69) is 22.9 Å². The monoisotopic (exact) mass is 316 g/mol. The molecule has 0 aliphatic rings. The van der Waals surface area contributed by atoms with E-state index in [1.807, 2.05) is 4.90 Å². The third-order valence-electron chi connectivity index (χ3n) is 2.62. The number of amides is 1. The van der Waals surface area contributed by atoms with Gasteiger partial charge in [0.05, 0.1) is 6.54 Å². The Morgan fingerprint density at radius 1 is 1.50 bits per heavy atom. The number of nitrogens with two attached hydrogens (primary N) is 1. The van der Waals surface area contributed by atoms with Gasteiger partial charge in [-0.1, -0.05) is 35.3 Å². The Balaban J connectivity index is 2.71. The molecule has 1 rings (SSSR count). The van der Waals surface area contributed by atoms with Gasteiger partial charge in [-0.05, 0) is 30.7 Å². The predicted molar refractivity (Wildman–Crippen MR) is 73.5 cm³/mol. The van der Waals surface area contributed by atoms with Crippen molar-refractivity contribution >= 4 is 21.8 Å². The molecule has 0 bridgehead atoms. The van der Waals surface area contributed by atoms with Crippen molar-refractivity contribution in [1.82, 2.24) is 4.90 Å². The average Bonchev–Trinajstić information content (AvgIpc) is 2.29. The van der Waals surface area contributed by atoms with Gasteiger partial charge in [0.1, 0.15) is 5.82 Å². The van der Waals surface area contributed by atoms with E-state index in [9.17, 15) is 9.18 Å². The number of carbonyl (C=O) groups excluding carboxylic acids is 1. The summed E-state index contributed by atoms with van der Waals surface area (Å²) in [5.41, 5.74) is 6.18. The second-order valence-electron chi connectivity index (χ2n) is 4.27. The first-order valence-corrected chi connectivity index (χ1v) is 6.76. The lowest BCUT2D eigenvalue weighted by Gasteiger charge is -2.21. The molecule has 3 nitrogen and oxygen atoms in total. The fourth-order valence-corrected chi connectivity index (χ4v) is 2.18. The Morgan fingerprint density at radius 2 is 2.22 bits per heavy atom. The SMILES string of the molecule is CCCCN(CC(N)=O)Cc1ccc(F)cc1Br. The first-order chi connectivity index (χ1) is 8.52. The summed E-state index contributed by atoms with van der Waals surface area (Å²) in [4.78, 5) is 13.0. The molecule has 0 aliphatic heterocycles. The van der Waals surface area contributed by atoms with E-state index in [1.165, 1.54) is 12.1 Å². The summed E-state index contributed by atoms with van der Waals surface area (Å²) in [5.74, 6) is -0.620. The van der Waals surface area contributed by atoms with Gasteiger partial charge in [0.2, 0.25) is 5.91 Å². The number of unbranched alkanes of at least 4 members (excludes halogenated alkanes) is 1. The molecule has 1 aromatic carbocycles. The van der Waals surface area contributed by atoms with Gasteiger partial charge in [-0.3, -0.25) is 9.69 Å². The molecule has 1 amide bonds. The van der Waals surface area contributed by atoms with Crippen LogP contribution in [-0.4, -0.2) is 23.9 Å². The van der Waals surface area contributed by atoms with Gasteiger partial charge >= 0.3 is 0 Å². The smallest absolute Gasteiger partial charge is 0.231 e. The molecule has 0 heterocycles. The highest BCUT2D eigenvalue weighted by Gasteiger charge is 2.11. The molecule has 0 saturated heterocycles. The van der Waals surface area contributed by atoms with Crippen LogP contribution in [0.1, 0.15) is 25.3 Å². The van der Waals surface area contributed by atoms with E-state index < -0.39 is 0 Å². The second-order valence-corrected chi connectivity index (χ2v) is 5.12. The van der Waals surface area contributed by atoms with Gasteiger partial charge in [-0.2, -0.15) is 0 Å². The molecule has 0 fully saturated rings. The van der Waals surface area contributed by atoms with Crippen molar-refractivity contribution in [1.29, 1.82) is 0 Å². The molecule has 0 radical (unpaired) electrons. The van der Waals surface area contributed by atoms with E-state index in [0.717, 1.165) is 24.9 Å². The van der Waals surface area contributed by atoms with Crippen molar-refractivity contribution in [3.63, 3.8) is 0 Å². The fourth-order valence-electron chi connectivity index (χ4n) is 1.71. The summed E-state index contributed by atoms with van der Waals surface area (Å²) in [5, 5.41) is 0. The highest BCUT2D eigenvalue weighted by Crippen LogP contribution is 2.19. The van der Waals surface area contributed by atoms with E-state index in [4.69, 9.17) is 5.73 Å². The molecular weight excluding hydrogens is 299 g/mol. The average molecular weight is 317 g/mol. The Hall–Kier alpha value is -0.940. The lowest BCUT2D eigenvalue weighted by atomic mass is 10.2. The van der Waals surface area contributed by atoms with Crippen molar-refractivity contribution in [2.24, 2.45) is 5.73 Å². The summed E-state index contributed by atoms with van der Waals surface area (Å²) in [6.07, 6.45) is 2.06. The number of hydrogen-bond acceptors (Lipinski definition) is 2. The van der Waals surface area contributed by atoms with Gasteiger partial charge in [0, 0.05) is 11.0 Å². The van der Waals surface area contributed by atoms with Crippen LogP contribution in [0, 0.1) is 5.82 Å². The molecule has 2 N–H and O–H groups in total. The molecular formula is C13H18BrFN2O. The number of nitrogens with zero attached hydrogens (tertiary/aromatic N) is 1. The molecule has 0 aromatic heterocycles. The number of rotatable bonds is 7. The molecule has 18 heavy (non-hydrogen) atoms. The quantitative estimate of drug-likeness (QED) is 0.840. The third kappa shape index (κ3) is 5.14. The van der Waals surface area contributed by atoms with Crippen LogP contribution < -0.4 is 5.73 Å². The first kappa shape index (κ1) is 15.1. The maximum absolute atomic E-state index is 13.0. The minimum Gasteiger partial charge on any atom is -0.369 e. The standard InChI is InChI=1S/C13H18BrFN2O/c1-2-3-6-17(9-13(16)18)8-10-4-5-11(15)7-12(10)14/h4-5,7H,2-3,6,8-9H2,1H3,(H2,16,18). The zero-order valence-electron chi connectivity index (χ0n) is 10.5. The van der Waals surface area contributed by atoms with Crippen LogP contribution in [0.15, 0.2) is 22.7 Å². The van der Waals surface area contributed by atoms with Crippen molar-refractivity contribution in [2.75, 3.05) is 13.1 Å². The minimum absolute atomic E-state index is 0.226. The van der Waals surface area contributed by atoms with Crippen LogP contribution >= 0.6 is 15.9 Å². The van der Waals surface area contributed by atoms with Gasteiger partial charge in [0.15, 0.2) is 0 Å². The molecule has 0 unspecified atom stereocenters. The Labute approximate surface area is 115 Å². The maximum atomic E-state index is 13.0. The van der Waals surface area contributed by atoms with Gasteiger partial charge < -0.3 is 5.73 Å². The number of halogens is 2. The molecule has 5 heteroatoms. The summed E-state index contributed by atoms with van der Waals surface area (Å²) in [7, 11) is 0. The zero-order valence-corrected chi connectivity index (χ0v) is 12.0. The summed E-state index contributed by atoms with van der Waals surface area (Å²) in [6.45, 7) is 3.72. The number of hydrogen-bond donors (Lipinski definition) is 1. The lowest BCUT2D eigenvalue weighted by Crippen LogP contribution is -2.34. The van der Waals surface area contributed by atoms with Crippen molar-refractivity contribution in [3.8, 4) is 0 Å². The van der Waals surface area contributed by atoms with Crippen LogP contribution in [0.4, 0.5) is 4.39 Å². The summed E-state index contributed by atoms with van der Waals surface area (Å²) in [6, 6.07) is 4.57. The third-order valence-corrected chi connectivity index (χ3v) is 3.35. The molecule has 0 spiro atoms. The molecule has 0 saturated carbocycles. The van der Waals surface area contributed by atoms with Crippen LogP contribution in [0.5, 0.6) is 0 Å². The number of benzene rings is 1. The summed E-state index contributed by atoms with van der Waals surface area (Å²) >= 11 is 3.33. The van der Waals surface area contributed by atoms with Crippen LogP contribution in [0.25, 0.3) is 0 Å². The minimum atomic E-state index is -0.343. The van der Waals surface area contributed by atoms with Crippen molar-refractivity contribution in [2.45, 2.75) is 26.3 Å². The molecule has 0 atom stereocenters. The molecule has 0 aliphatic carbocycles. The number of primary amides is 1. The Kier molecular flexibility index (Phi) is 6.29. The largest absolute Gasteiger partial charge is 0.369 e. The van der Waals surface area contributed by atoms with E-state index in [1.54, 1.807) is 6.07 Å². The normalized spacial score (nSPS) is 10.9. The molecule has 100 valence electrons. The highest BCUT2D eigenvalue weighted by molar-refractivity contribution is 9.10. The lowest BCUT2D eigenvalue weighted by molar-refractivity contribution is -0.119. The van der Waals surface area contributed by atoms with Gasteiger partial charge in [-0.25, -0.2) is 4.39 Å². The van der Waals surface area contributed by atoms with E-state index in [0.29, 0.717) is 11.0 Å². The highest BCUT2D eigenvalue weighted by atomic mass is 79.9. The van der Waals surface area contributed by atoms with Crippen molar-refractivity contribution in [3.05, 3.63) is 34.1 Å². The second kappa shape index (κ2) is 7.48. The van der Waals surface area contributed by atoms with Crippen LogP contribution in [-0.2, 0) is 11.3 Å². The van der Waals surface area contributed by atoms with E-state index in [-0.39, 0.29) is 18.3 Å². The zero-order chi connectivity index (χ0) is 13.5. The Morgan fingerprint density at radius 3 is 2.78 bits per heavy atom. The van der Waals surface area contributed by atoms with Crippen LogP contribution in [0.2, 0.25) is 0 Å². The fraction of sp³-hybridized carbons (Fsp3) is 0.462. The topological polar surface area (TPSA) is 46.3 Å². The summed E-state index contributed by atoms with van der Waals surface area (Å²) < 4.78 is 13.7. The maximum Gasteiger partial charge on any atom is 0.231 e. The van der Waals surface area contributed by atoms with Crippen LogP contribution in [0.3, 0.4) is 0 Å².